The van der Waals surface area contributed by atoms with E-state index in [1.165, 1.54) is 4.31 Å². The van der Waals surface area contributed by atoms with Gasteiger partial charge in [-0.2, -0.15) is 0 Å². The van der Waals surface area contributed by atoms with E-state index in [-0.39, 0.29) is 4.90 Å². The number of hydrogen-bond donors (Lipinski definition) is 1. The van der Waals surface area contributed by atoms with Crippen LogP contribution < -0.4 is 19.1 Å². The number of carbonyl (C=O) groups excluding carboxylic acids is 1. The summed E-state index contributed by atoms with van der Waals surface area (Å²) in [6, 6.07) is 14.7. The molecule has 2 heterocycles. The van der Waals surface area contributed by atoms with E-state index < -0.39 is 22.0 Å². The molecule has 0 spiro atoms. The number of nitrogens with one attached hydrogen (secondary N) is 1. The molecule has 1 N–H and O–H groups in total. The SMILES string of the molecule is C[C@@H](C(=O)Nc1ccc2c(c1)OCCO2)N1c2cccc3cccc(c23)S1(=O)=O. The van der Waals surface area contributed by atoms with E-state index in [4.69, 9.17) is 9.47 Å². The van der Waals surface area contributed by atoms with Crippen molar-refractivity contribution in [1.82, 2.24) is 0 Å². The van der Waals surface area contributed by atoms with Gasteiger partial charge in [0, 0.05) is 17.1 Å². The maximum Gasteiger partial charge on any atom is 0.265 e. The third kappa shape index (κ3) is 2.71. The van der Waals surface area contributed by atoms with Crippen LogP contribution in [-0.2, 0) is 14.8 Å². The molecule has 29 heavy (non-hydrogen) atoms. The van der Waals surface area contributed by atoms with Gasteiger partial charge < -0.3 is 14.8 Å². The maximum atomic E-state index is 13.2. The van der Waals surface area contributed by atoms with Crippen LogP contribution in [-0.4, -0.2) is 33.6 Å². The summed E-state index contributed by atoms with van der Waals surface area (Å²) in [6.07, 6.45) is 0. The molecule has 2 aliphatic heterocycles. The van der Waals surface area contributed by atoms with Gasteiger partial charge in [-0.1, -0.05) is 24.3 Å². The number of ether oxygens (including phenoxy) is 2. The van der Waals surface area contributed by atoms with Gasteiger partial charge in [0.2, 0.25) is 5.91 Å². The second kappa shape index (κ2) is 6.38. The van der Waals surface area contributed by atoms with Gasteiger partial charge in [-0.3, -0.25) is 9.10 Å². The Hall–Kier alpha value is -3.26. The first-order valence-electron chi connectivity index (χ1n) is 9.23. The number of hydrogen-bond acceptors (Lipinski definition) is 5. The molecule has 148 valence electrons. The second-order valence-electron chi connectivity index (χ2n) is 6.96. The van der Waals surface area contributed by atoms with Crippen LogP contribution in [0.3, 0.4) is 0 Å². The molecule has 0 radical (unpaired) electrons. The van der Waals surface area contributed by atoms with Crippen LogP contribution in [0.4, 0.5) is 11.4 Å². The molecule has 0 saturated carbocycles. The third-order valence-electron chi connectivity index (χ3n) is 5.16. The first-order valence-corrected chi connectivity index (χ1v) is 10.7. The molecule has 3 aromatic carbocycles. The number of fused-ring (bicyclic) bond motifs is 1. The zero-order valence-corrected chi connectivity index (χ0v) is 16.4. The van der Waals surface area contributed by atoms with E-state index >= 15 is 0 Å². The molecule has 5 rings (SSSR count). The van der Waals surface area contributed by atoms with E-state index in [9.17, 15) is 13.2 Å². The molecule has 2 aliphatic rings. The van der Waals surface area contributed by atoms with Crippen LogP contribution in [0.1, 0.15) is 6.92 Å². The minimum absolute atomic E-state index is 0.226. The van der Waals surface area contributed by atoms with Gasteiger partial charge in [0.05, 0.1) is 10.6 Å². The van der Waals surface area contributed by atoms with E-state index in [0.717, 1.165) is 5.39 Å². The fourth-order valence-electron chi connectivity index (χ4n) is 3.81. The third-order valence-corrected chi connectivity index (χ3v) is 7.09. The topological polar surface area (TPSA) is 84.9 Å². The summed E-state index contributed by atoms with van der Waals surface area (Å²) in [7, 11) is -3.82. The summed E-state index contributed by atoms with van der Waals surface area (Å²) in [5, 5.41) is 4.26. The molecule has 1 atom stereocenters. The Morgan fingerprint density at radius 2 is 1.76 bits per heavy atom. The van der Waals surface area contributed by atoms with Crippen molar-refractivity contribution in [3.05, 3.63) is 54.6 Å². The fourth-order valence-corrected chi connectivity index (χ4v) is 5.68. The molecule has 3 aromatic rings. The molecule has 1 amide bonds. The van der Waals surface area contributed by atoms with Gasteiger partial charge in [-0.05, 0) is 36.6 Å². The summed E-state index contributed by atoms with van der Waals surface area (Å²) >= 11 is 0. The van der Waals surface area contributed by atoms with Gasteiger partial charge in [-0.15, -0.1) is 0 Å². The Labute approximate surface area is 167 Å². The molecule has 0 fully saturated rings. The van der Waals surface area contributed by atoms with Crippen molar-refractivity contribution in [3.63, 3.8) is 0 Å². The highest BCUT2D eigenvalue weighted by Crippen LogP contribution is 2.43. The lowest BCUT2D eigenvalue weighted by Gasteiger charge is -2.25. The van der Waals surface area contributed by atoms with Crippen LogP contribution in [0.5, 0.6) is 11.5 Å². The van der Waals surface area contributed by atoms with Gasteiger partial charge in [0.25, 0.3) is 10.0 Å². The standard InChI is InChI=1S/C21H18N2O5S/c1-13(21(24)22-15-8-9-17-18(12-15)28-11-10-27-17)23-16-6-2-4-14-5-3-7-19(20(14)16)29(23,25)26/h2-9,12-13H,10-11H2,1H3,(H,22,24)/t13-/m0/s1. The summed E-state index contributed by atoms with van der Waals surface area (Å²) in [6.45, 7) is 2.50. The lowest BCUT2D eigenvalue weighted by atomic mass is 10.1. The number of benzene rings is 3. The Kier molecular flexibility index (Phi) is 3.92. The van der Waals surface area contributed by atoms with Crippen LogP contribution >= 0.6 is 0 Å². The van der Waals surface area contributed by atoms with E-state index in [1.807, 2.05) is 12.1 Å². The minimum Gasteiger partial charge on any atom is -0.486 e. The predicted octanol–water partition coefficient (Wildman–Crippen LogP) is 3.15. The Balaban J connectivity index is 1.47. The number of anilines is 2. The number of carbonyl (C=O) groups is 1. The summed E-state index contributed by atoms with van der Waals surface area (Å²) < 4.78 is 38.5. The van der Waals surface area contributed by atoms with Crippen molar-refractivity contribution in [2.75, 3.05) is 22.8 Å². The van der Waals surface area contributed by atoms with Crippen molar-refractivity contribution >= 4 is 38.1 Å². The van der Waals surface area contributed by atoms with Gasteiger partial charge >= 0.3 is 0 Å². The Bertz CT molecular complexity index is 1250. The smallest absolute Gasteiger partial charge is 0.265 e. The van der Waals surface area contributed by atoms with Crippen LogP contribution in [0.25, 0.3) is 10.8 Å². The molecule has 8 heteroatoms. The molecule has 0 aromatic heterocycles. The number of nitrogens with zero attached hydrogens (tertiary/aromatic N) is 1. The predicted molar refractivity (Wildman–Crippen MR) is 109 cm³/mol. The minimum atomic E-state index is -3.82. The van der Waals surface area contributed by atoms with Gasteiger partial charge in [0.1, 0.15) is 19.3 Å². The zero-order chi connectivity index (χ0) is 20.2. The van der Waals surface area contributed by atoms with Crippen LogP contribution in [0, 0.1) is 0 Å². The quantitative estimate of drug-likeness (QED) is 0.717. The molecular formula is C21H18N2O5S. The van der Waals surface area contributed by atoms with Crippen molar-refractivity contribution in [2.24, 2.45) is 0 Å². The highest BCUT2D eigenvalue weighted by molar-refractivity contribution is 7.93. The number of sulfonamides is 1. The molecule has 0 unspecified atom stereocenters. The summed E-state index contributed by atoms with van der Waals surface area (Å²) in [5.41, 5.74) is 1.03. The largest absolute Gasteiger partial charge is 0.486 e. The van der Waals surface area contributed by atoms with E-state index in [2.05, 4.69) is 5.32 Å². The molecule has 0 aliphatic carbocycles. The van der Waals surface area contributed by atoms with Crippen LogP contribution in [0.15, 0.2) is 59.5 Å². The number of amides is 1. The second-order valence-corrected chi connectivity index (χ2v) is 8.74. The first-order chi connectivity index (χ1) is 14.0. The monoisotopic (exact) mass is 410 g/mol. The zero-order valence-electron chi connectivity index (χ0n) is 15.6. The first kappa shape index (κ1) is 17.8. The molecule has 0 saturated heterocycles. The Morgan fingerprint density at radius 3 is 2.55 bits per heavy atom. The van der Waals surface area contributed by atoms with Crippen molar-refractivity contribution < 1.29 is 22.7 Å². The number of rotatable bonds is 3. The molecule has 7 nitrogen and oxygen atoms in total. The highest BCUT2D eigenvalue weighted by atomic mass is 32.2. The lowest BCUT2D eigenvalue weighted by molar-refractivity contribution is -0.116. The normalized spacial score (nSPS) is 17.2. The van der Waals surface area contributed by atoms with Gasteiger partial charge in [-0.25, -0.2) is 8.42 Å². The van der Waals surface area contributed by atoms with Crippen molar-refractivity contribution in [1.29, 1.82) is 0 Å². The fraction of sp³-hybridized carbons (Fsp3) is 0.190. The van der Waals surface area contributed by atoms with Crippen molar-refractivity contribution in [2.45, 2.75) is 17.9 Å². The summed E-state index contributed by atoms with van der Waals surface area (Å²) in [5.74, 6) is 0.731. The lowest BCUT2D eigenvalue weighted by Crippen LogP contribution is -2.44. The molecular weight excluding hydrogens is 392 g/mol. The van der Waals surface area contributed by atoms with Crippen LogP contribution in [0.2, 0.25) is 0 Å². The van der Waals surface area contributed by atoms with Crippen molar-refractivity contribution in [3.8, 4) is 11.5 Å². The molecule has 0 bridgehead atoms. The highest BCUT2D eigenvalue weighted by Gasteiger charge is 2.40. The summed E-state index contributed by atoms with van der Waals surface area (Å²) in [4.78, 5) is 13.2. The van der Waals surface area contributed by atoms with E-state index in [1.54, 1.807) is 49.4 Å². The average molecular weight is 410 g/mol. The maximum absolute atomic E-state index is 13.2. The van der Waals surface area contributed by atoms with Gasteiger partial charge in [0.15, 0.2) is 11.5 Å². The van der Waals surface area contributed by atoms with E-state index in [0.29, 0.717) is 41.5 Å². The Morgan fingerprint density at radius 1 is 1.03 bits per heavy atom. The average Bonchev–Trinajstić information content (AvgIpc) is 2.96.